The molecular weight excluding hydrogens is 274 g/mol. The summed E-state index contributed by atoms with van der Waals surface area (Å²) in [6.07, 6.45) is 0.797. The molecule has 0 unspecified atom stereocenters. The average molecular weight is 293 g/mol. The van der Waals surface area contributed by atoms with E-state index in [4.69, 9.17) is 14.2 Å². The van der Waals surface area contributed by atoms with Gasteiger partial charge in [-0.1, -0.05) is 6.07 Å². The number of rotatable bonds is 4. The van der Waals surface area contributed by atoms with Gasteiger partial charge in [0.1, 0.15) is 11.3 Å². The van der Waals surface area contributed by atoms with E-state index in [9.17, 15) is 9.59 Å². The third kappa shape index (κ3) is 4.24. The van der Waals surface area contributed by atoms with Crippen molar-refractivity contribution in [3.8, 4) is 5.75 Å². The predicted octanol–water partition coefficient (Wildman–Crippen LogP) is 2.22. The first kappa shape index (κ1) is 16.6. The maximum absolute atomic E-state index is 11.8. The van der Waals surface area contributed by atoms with Gasteiger partial charge in [-0.3, -0.25) is 0 Å². The first-order valence-electron chi connectivity index (χ1n) is 6.22. The Morgan fingerprint density at radius 2 is 1.86 bits per heavy atom. The molecule has 0 spiro atoms. The quantitative estimate of drug-likeness (QED) is 0.484. The highest BCUT2D eigenvalue weighted by Gasteiger charge is 2.17. The maximum atomic E-state index is 11.8. The molecule has 0 aliphatic heterocycles. The molecule has 1 aromatic carbocycles. The molecule has 0 heterocycles. The summed E-state index contributed by atoms with van der Waals surface area (Å²) in [6.45, 7) is 1.83. The number of amides is 1. The van der Waals surface area contributed by atoms with Crippen LogP contribution in [0.1, 0.15) is 11.1 Å². The van der Waals surface area contributed by atoms with E-state index in [0.29, 0.717) is 11.3 Å². The van der Waals surface area contributed by atoms with Crippen LogP contribution in [0.2, 0.25) is 0 Å². The number of hydrogen-bond acceptors (Lipinski definition) is 5. The lowest BCUT2D eigenvalue weighted by atomic mass is 10.0. The summed E-state index contributed by atoms with van der Waals surface area (Å²) in [5.41, 5.74) is 1.65. The lowest BCUT2D eigenvalue weighted by Crippen LogP contribution is -2.25. The van der Waals surface area contributed by atoms with Gasteiger partial charge in [-0.25, -0.2) is 9.59 Å². The average Bonchev–Trinajstić information content (AvgIpc) is 2.46. The molecule has 0 atom stereocenters. The van der Waals surface area contributed by atoms with Crippen LogP contribution in [0.3, 0.4) is 0 Å². The highest BCUT2D eigenvalue weighted by atomic mass is 16.6. The highest BCUT2D eigenvalue weighted by Crippen LogP contribution is 2.25. The van der Waals surface area contributed by atoms with Crippen LogP contribution < -0.4 is 4.74 Å². The van der Waals surface area contributed by atoms with E-state index in [2.05, 4.69) is 0 Å². The number of methoxy groups -OCH3 is 2. The Hall–Kier alpha value is -2.50. The van der Waals surface area contributed by atoms with E-state index in [1.807, 2.05) is 6.92 Å². The van der Waals surface area contributed by atoms with E-state index < -0.39 is 12.1 Å². The molecule has 0 aliphatic rings. The number of benzene rings is 1. The summed E-state index contributed by atoms with van der Waals surface area (Å²) in [5, 5.41) is 0. The van der Waals surface area contributed by atoms with Gasteiger partial charge in [0.15, 0.2) is 0 Å². The SMILES string of the molecule is CO/C=C(/C(=O)OC)c1cc(OC(=O)N(C)C)ccc1C. The molecule has 0 saturated heterocycles. The molecule has 0 saturated carbocycles. The highest BCUT2D eigenvalue weighted by molar-refractivity contribution is 6.16. The number of nitrogens with zero attached hydrogens (tertiary/aromatic N) is 1. The second kappa shape index (κ2) is 7.33. The van der Waals surface area contributed by atoms with Gasteiger partial charge in [0, 0.05) is 14.1 Å². The minimum Gasteiger partial charge on any atom is -0.503 e. The molecule has 1 rings (SSSR count). The zero-order chi connectivity index (χ0) is 16.0. The lowest BCUT2D eigenvalue weighted by Gasteiger charge is -2.13. The Bertz CT molecular complexity index is 563. The largest absolute Gasteiger partial charge is 0.503 e. The van der Waals surface area contributed by atoms with Gasteiger partial charge >= 0.3 is 12.1 Å². The third-order valence-electron chi connectivity index (χ3n) is 2.71. The van der Waals surface area contributed by atoms with Crippen LogP contribution in [0, 0.1) is 6.92 Å². The van der Waals surface area contributed by atoms with Crippen molar-refractivity contribution in [1.29, 1.82) is 0 Å². The molecule has 0 aromatic heterocycles. The number of hydrogen-bond donors (Lipinski definition) is 0. The molecule has 0 fully saturated rings. The van der Waals surface area contributed by atoms with Crippen molar-refractivity contribution in [2.75, 3.05) is 28.3 Å². The van der Waals surface area contributed by atoms with Crippen molar-refractivity contribution in [2.24, 2.45) is 0 Å². The van der Waals surface area contributed by atoms with Gasteiger partial charge in [0.2, 0.25) is 0 Å². The van der Waals surface area contributed by atoms with E-state index in [1.165, 1.54) is 25.4 Å². The monoisotopic (exact) mass is 293 g/mol. The van der Waals surface area contributed by atoms with E-state index in [1.54, 1.807) is 32.3 Å². The van der Waals surface area contributed by atoms with Crippen molar-refractivity contribution < 1.29 is 23.8 Å². The predicted molar refractivity (Wildman–Crippen MR) is 77.9 cm³/mol. The molecule has 21 heavy (non-hydrogen) atoms. The molecule has 6 nitrogen and oxygen atoms in total. The molecule has 1 amide bonds. The Morgan fingerprint density at radius 1 is 1.19 bits per heavy atom. The van der Waals surface area contributed by atoms with Crippen molar-refractivity contribution >= 4 is 17.6 Å². The smallest absolute Gasteiger partial charge is 0.414 e. The van der Waals surface area contributed by atoms with Crippen LogP contribution in [0.25, 0.3) is 5.57 Å². The fourth-order valence-corrected chi connectivity index (χ4v) is 1.60. The summed E-state index contributed by atoms with van der Waals surface area (Å²) >= 11 is 0. The van der Waals surface area contributed by atoms with Crippen LogP contribution in [-0.4, -0.2) is 45.3 Å². The summed E-state index contributed by atoms with van der Waals surface area (Å²) in [4.78, 5) is 24.7. The molecule has 0 bridgehead atoms. The fourth-order valence-electron chi connectivity index (χ4n) is 1.60. The van der Waals surface area contributed by atoms with Crippen LogP contribution in [0.15, 0.2) is 24.5 Å². The molecule has 114 valence electrons. The number of esters is 1. The summed E-state index contributed by atoms with van der Waals surface area (Å²) in [7, 11) is 5.90. The standard InChI is InChI=1S/C15H19NO5/c1-10-6-7-11(21-15(18)16(2)3)8-12(10)13(9-19-4)14(17)20-5/h6-9H,1-5H3/b13-9+. The summed E-state index contributed by atoms with van der Waals surface area (Å²) in [5.74, 6) is -0.198. The first-order chi connectivity index (χ1) is 9.90. The number of ether oxygens (including phenoxy) is 3. The van der Waals surface area contributed by atoms with Crippen LogP contribution in [0.5, 0.6) is 5.75 Å². The Kier molecular flexibility index (Phi) is 5.78. The molecular formula is C15H19NO5. The van der Waals surface area contributed by atoms with Crippen LogP contribution in [0.4, 0.5) is 4.79 Å². The first-order valence-corrected chi connectivity index (χ1v) is 6.22. The molecule has 0 aliphatic carbocycles. The van der Waals surface area contributed by atoms with Gasteiger partial charge in [-0.15, -0.1) is 0 Å². The number of carbonyl (C=O) groups is 2. The van der Waals surface area contributed by atoms with E-state index in [-0.39, 0.29) is 5.57 Å². The van der Waals surface area contributed by atoms with Crippen LogP contribution in [-0.2, 0) is 14.3 Å². The molecule has 0 radical (unpaired) electrons. The van der Waals surface area contributed by atoms with Crippen molar-refractivity contribution in [1.82, 2.24) is 4.90 Å². The second-order valence-electron chi connectivity index (χ2n) is 4.50. The lowest BCUT2D eigenvalue weighted by molar-refractivity contribution is -0.133. The third-order valence-corrected chi connectivity index (χ3v) is 2.71. The zero-order valence-electron chi connectivity index (χ0n) is 12.8. The minimum atomic E-state index is -0.531. The van der Waals surface area contributed by atoms with Gasteiger partial charge in [-0.2, -0.15) is 0 Å². The molecule has 6 heteroatoms. The Morgan fingerprint density at radius 3 is 2.38 bits per heavy atom. The topological polar surface area (TPSA) is 65.1 Å². The minimum absolute atomic E-state index is 0.250. The van der Waals surface area contributed by atoms with Crippen LogP contribution >= 0.6 is 0 Å². The number of aryl methyl sites for hydroxylation is 1. The normalized spacial score (nSPS) is 10.8. The maximum Gasteiger partial charge on any atom is 0.414 e. The van der Waals surface area contributed by atoms with Crippen molar-refractivity contribution in [3.63, 3.8) is 0 Å². The molecule has 1 aromatic rings. The second-order valence-corrected chi connectivity index (χ2v) is 4.50. The zero-order valence-corrected chi connectivity index (χ0v) is 12.8. The number of carbonyl (C=O) groups excluding carboxylic acids is 2. The van der Waals surface area contributed by atoms with E-state index >= 15 is 0 Å². The van der Waals surface area contributed by atoms with Gasteiger partial charge in [0.25, 0.3) is 0 Å². The Balaban J connectivity index is 3.20. The van der Waals surface area contributed by atoms with Gasteiger partial charge < -0.3 is 19.1 Å². The summed E-state index contributed by atoms with van der Waals surface area (Å²) in [6, 6.07) is 5.00. The summed E-state index contributed by atoms with van der Waals surface area (Å²) < 4.78 is 14.8. The van der Waals surface area contributed by atoms with Crippen molar-refractivity contribution in [3.05, 3.63) is 35.6 Å². The molecule has 0 N–H and O–H groups in total. The van der Waals surface area contributed by atoms with Crippen molar-refractivity contribution in [2.45, 2.75) is 6.92 Å². The van der Waals surface area contributed by atoms with E-state index in [0.717, 1.165) is 5.56 Å². The van der Waals surface area contributed by atoms with Gasteiger partial charge in [-0.05, 0) is 30.2 Å². The fraction of sp³-hybridized carbons (Fsp3) is 0.333. The van der Waals surface area contributed by atoms with Gasteiger partial charge in [0.05, 0.1) is 20.5 Å². The Labute approximate surface area is 123 Å².